The van der Waals surface area contributed by atoms with E-state index >= 15 is 0 Å². The van der Waals surface area contributed by atoms with Crippen LogP contribution in [-0.2, 0) is 17.8 Å². The first-order valence-electron chi connectivity index (χ1n) is 10.5. The topological polar surface area (TPSA) is 55.8 Å². The SMILES string of the molecule is COc1c(F)cc(-c2cccc(COc3ccc4c(c3)C[C@H]3[C@H](C(=O)O)[C@@H]43)c2)c(C)c1F. The zero-order valence-electron chi connectivity index (χ0n) is 17.7. The molecule has 1 N–H and O–H groups in total. The quantitative estimate of drug-likeness (QED) is 0.555. The number of carbonyl (C=O) groups is 1. The zero-order valence-corrected chi connectivity index (χ0v) is 17.7. The van der Waals surface area contributed by atoms with Crippen molar-refractivity contribution in [2.45, 2.75) is 25.9 Å². The number of benzene rings is 3. The normalized spacial score (nSPS) is 20.4. The van der Waals surface area contributed by atoms with Crippen LogP contribution in [0.4, 0.5) is 8.78 Å². The molecule has 1 fully saturated rings. The van der Waals surface area contributed by atoms with Gasteiger partial charge in [-0.1, -0.05) is 24.3 Å². The highest BCUT2D eigenvalue weighted by Gasteiger charge is 2.59. The highest BCUT2D eigenvalue weighted by atomic mass is 19.1. The molecule has 3 aromatic carbocycles. The molecule has 1 saturated carbocycles. The molecule has 32 heavy (non-hydrogen) atoms. The van der Waals surface area contributed by atoms with Gasteiger partial charge in [-0.3, -0.25) is 4.79 Å². The van der Waals surface area contributed by atoms with Crippen LogP contribution in [0.25, 0.3) is 11.1 Å². The van der Waals surface area contributed by atoms with Crippen LogP contribution in [0.15, 0.2) is 48.5 Å². The predicted octanol–water partition coefficient (Wildman–Crippen LogP) is 5.50. The molecule has 4 nitrogen and oxygen atoms in total. The standard InChI is InChI=1S/C26H22F2O4/c1-13-19(11-21(27)25(31-2)24(13)28)15-5-3-4-14(8-15)12-32-17-6-7-18-16(9-17)10-20-22(18)23(20)26(29)30/h3-9,11,20,22-23H,10,12H2,1-2H3,(H,29,30)/t20-,22+,23+/m1/s1. The fourth-order valence-corrected chi connectivity index (χ4v) is 4.99. The molecule has 0 aliphatic heterocycles. The Kier molecular flexibility index (Phi) is 4.88. The second-order valence-corrected chi connectivity index (χ2v) is 8.49. The number of rotatable bonds is 6. The van der Waals surface area contributed by atoms with Gasteiger partial charge in [-0.2, -0.15) is 0 Å². The molecule has 0 radical (unpaired) electrons. The van der Waals surface area contributed by atoms with E-state index in [1.165, 1.54) is 13.2 Å². The molecule has 0 unspecified atom stereocenters. The average molecular weight is 436 g/mol. The van der Waals surface area contributed by atoms with Crippen LogP contribution < -0.4 is 9.47 Å². The smallest absolute Gasteiger partial charge is 0.307 e. The van der Waals surface area contributed by atoms with Crippen molar-refractivity contribution in [3.8, 4) is 22.6 Å². The molecule has 3 atom stereocenters. The van der Waals surface area contributed by atoms with E-state index in [1.807, 2.05) is 36.4 Å². The number of methoxy groups -OCH3 is 1. The summed E-state index contributed by atoms with van der Waals surface area (Å²) in [6.45, 7) is 1.90. The van der Waals surface area contributed by atoms with Gasteiger partial charge in [0.2, 0.25) is 0 Å². The van der Waals surface area contributed by atoms with Crippen molar-refractivity contribution in [2.24, 2.45) is 11.8 Å². The molecule has 3 aromatic rings. The number of aliphatic carboxylic acids is 1. The molecule has 0 heterocycles. The minimum Gasteiger partial charge on any atom is -0.491 e. The molecular formula is C26H22F2O4. The lowest BCUT2D eigenvalue weighted by molar-refractivity contribution is -0.139. The van der Waals surface area contributed by atoms with Gasteiger partial charge in [0.15, 0.2) is 17.4 Å². The maximum absolute atomic E-state index is 14.5. The fraction of sp³-hybridized carbons (Fsp3) is 0.269. The lowest BCUT2D eigenvalue weighted by Crippen LogP contribution is -2.05. The monoisotopic (exact) mass is 436 g/mol. The number of hydrogen-bond donors (Lipinski definition) is 1. The average Bonchev–Trinajstić information content (AvgIpc) is 3.38. The van der Waals surface area contributed by atoms with Gasteiger partial charge < -0.3 is 14.6 Å². The van der Waals surface area contributed by atoms with E-state index in [2.05, 4.69) is 0 Å². The van der Waals surface area contributed by atoms with Gasteiger partial charge >= 0.3 is 5.97 Å². The van der Waals surface area contributed by atoms with Crippen LogP contribution in [0.1, 0.15) is 28.2 Å². The van der Waals surface area contributed by atoms with Gasteiger partial charge in [0.05, 0.1) is 13.0 Å². The second kappa shape index (κ2) is 7.62. The third-order valence-electron chi connectivity index (χ3n) is 6.65. The number of hydrogen-bond acceptors (Lipinski definition) is 3. The van der Waals surface area contributed by atoms with Crippen LogP contribution in [-0.4, -0.2) is 18.2 Å². The zero-order chi connectivity index (χ0) is 22.6. The predicted molar refractivity (Wildman–Crippen MR) is 115 cm³/mol. The summed E-state index contributed by atoms with van der Waals surface area (Å²) in [4.78, 5) is 11.3. The summed E-state index contributed by atoms with van der Waals surface area (Å²) in [6, 6.07) is 14.5. The highest BCUT2D eigenvalue weighted by molar-refractivity contribution is 5.78. The van der Waals surface area contributed by atoms with E-state index < -0.39 is 17.6 Å². The number of carboxylic acid groups (broad SMARTS) is 1. The van der Waals surface area contributed by atoms with Crippen LogP contribution >= 0.6 is 0 Å². The molecule has 5 rings (SSSR count). The van der Waals surface area contributed by atoms with E-state index in [4.69, 9.17) is 9.47 Å². The summed E-state index contributed by atoms with van der Waals surface area (Å²) in [5, 5.41) is 9.26. The minimum atomic E-state index is -0.742. The van der Waals surface area contributed by atoms with Crippen molar-refractivity contribution in [3.63, 3.8) is 0 Å². The maximum atomic E-state index is 14.5. The first-order chi connectivity index (χ1) is 15.4. The largest absolute Gasteiger partial charge is 0.491 e. The Morgan fingerprint density at radius 2 is 1.97 bits per heavy atom. The van der Waals surface area contributed by atoms with Crippen LogP contribution in [0, 0.1) is 30.4 Å². The summed E-state index contributed by atoms with van der Waals surface area (Å²) < 4.78 is 39.5. The van der Waals surface area contributed by atoms with Crippen LogP contribution in [0.2, 0.25) is 0 Å². The van der Waals surface area contributed by atoms with E-state index in [0.29, 0.717) is 23.3 Å². The van der Waals surface area contributed by atoms with Crippen molar-refractivity contribution in [1.82, 2.24) is 0 Å². The summed E-state index contributed by atoms with van der Waals surface area (Å²) in [6.07, 6.45) is 0.775. The number of halogens is 2. The molecule has 2 aliphatic rings. The molecule has 2 aliphatic carbocycles. The second-order valence-electron chi connectivity index (χ2n) is 8.49. The Morgan fingerprint density at radius 1 is 1.16 bits per heavy atom. The minimum absolute atomic E-state index is 0.141. The van der Waals surface area contributed by atoms with Gasteiger partial charge in [0, 0.05) is 5.92 Å². The Bertz CT molecular complexity index is 1240. The van der Waals surface area contributed by atoms with E-state index in [0.717, 1.165) is 28.9 Å². The van der Waals surface area contributed by atoms with Crippen molar-refractivity contribution in [1.29, 1.82) is 0 Å². The van der Waals surface area contributed by atoms with Gasteiger partial charge in [-0.15, -0.1) is 0 Å². The number of ether oxygens (including phenoxy) is 2. The van der Waals surface area contributed by atoms with E-state index in [-0.39, 0.29) is 23.5 Å². The van der Waals surface area contributed by atoms with Crippen LogP contribution in [0.3, 0.4) is 0 Å². The summed E-state index contributed by atoms with van der Waals surface area (Å²) >= 11 is 0. The molecule has 0 bridgehead atoms. The van der Waals surface area contributed by atoms with Crippen molar-refractivity contribution < 1.29 is 28.2 Å². The molecule has 164 valence electrons. The summed E-state index contributed by atoms with van der Waals surface area (Å²) in [7, 11) is 1.24. The Morgan fingerprint density at radius 3 is 2.72 bits per heavy atom. The molecule has 0 amide bonds. The van der Waals surface area contributed by atoms with Crippen molar-refractivity contribution in [2.75, 3.05) is 7.11 Å². The van der Waals surface area contributed by atoms with Gasteiger partial charge in [-0.05, 0) is 76.9 Å². The molecular weight excluding hydrogens is 414 g/mol. The Labute approximate surface area is 184 Å². The van der Waals surface area contributed by atoms with Crippen LogP contribution in [0.5, 0.6) is 11.5 Å². The fourth-order valence-electron chi connectivity index (χ4n) is 4.99. The molecule has 0 aromatic heterocycles. The van der Waals surface area contributed by atoms with E-state index in [1.54, 1.807) is 13.0 Å². The lowest BCUT2D eigenvalue weighted by atomic mass is 9.98. The third kappa shape index (κ3) is 3.30. The Hall–Kier alpha value is -3.41. The van der Waals surface area contributed by atoms with E-state index in [9.17, 15) is 18.7 Å². The first-order valence-corrected chi connectivity index (χ1v) is 10.5. The van der Waals surface area contributed by atoms with Gasteiger partial charge in [0.25, 0.3) is 0 Å². The summed E-state index contributed by atoms with van der Waals surface area (Å²) in [5.41, 5.74) is 4.62. The van der Waals surface area contributed by atoms with Gasteiger partial charge in [-0.25, -0.2) is 8.78 Å². The number of carboxylic acids is 1. The molecule has 0 saturated heterocycles. The molecule has 0 spiro atoms. The summed E-state index contributed by atoms with van der Waals surface area (Å²) in [5.74, 6) is -1.70. The first kappa shape index (κ1) is 20.5. The Balaban J connectivity index is 1.33. The van der Waals surface area contributed by atoms with Crippen molar-refractivity contribution >= 4 is 5.97 Å². The third-order valence-corrected chi connectivity index (χ3v) is 6.65. The highest BCUT2D eigenvalue weighted by Crippen LogP contribution is 2.61. The molecule has 6 heteroatoms. The maximum Gasteiger partial charge on any atom is 0.307 e. The number of fused-ring (bicyclic) bond motifs is 3. The van der Waals surface area contributed by atoms with Gasteiger partial charge in [0.1, 0.15) is 12.4 Å². The lowest BCUT2D eigenvalue weighted by Gasteiger charge is -2.13. The van der Waals surface area contributed by atoms with Crippen molar-refractivity contribution in [3.05, 3.63) is 82.4 Å².